The summed E-state index contributed by atoms with van der Waals surface area (Å²) in [5.74, 6) is 0. The second-order valence-corrected chi connectivity index (χ2v) is 6.21. The average molecular weight is 323 g/mol. The van der Waals surface area contributed by atoms with Crippen LogP contribution in [0.1, 0.15) is 40.5 Å². The van der Waals surface area contributed by atoms with E-state index in [1.165, 1.54) is 25.9 Å². The summed E-state index contributed by atoms with van der Waals surface area (Å²) in [6, 6.07) is 0. The highest BCUT2D eigenvalue weighted by molar-refractivity contribution is 6.60. The van der Waals surface area contributed by atoms with Crippen molar-refractivity contribution in [3.8, 4) is 0 Å². The Bertz CT molecular complexity index is 292. The molecular weight excluding hydrogens is 299 g/mol. The summed E-state index contributed by atoms with van der Waals surface area (Å²) in [7, 11) is 0. The Morgan fingerprint density at radius 1 is 1.00 bits per heavy atom. The number of likely N-dealkylation sites (tertiary alicyclic amines) is 1. The van der Waals surface area contributed by atoms with Gasteiger partial charge in [-0.2, -0.15) is 0 Å². The van der Waals surface area contributed by atoms with Gasteiger partial charge in [-0.3, -0.25) is 4.48 Å². The van der Waals surface area contributed by atoms with Crippen LogP contribution in [0.15, 0.2) is 0 Å². The molecule has 0 unspecified atom stereocenters. The van der Waals surface area contributed by atoms with Crippen LogP contribution in [-0.4, -0.2) is 49.5 Å². The van der Waals surface area contributed by atoms with E-state index < -0.39 is 13.1 Å². The van der Waals surface area contributed by atoms with E-state index in [-0.39, 0.29) is 0 Å². The molecule has 0 aliphatic carbocycles. The molecule has 128 valence electrons. The van der Waals surface area contributed by atoms with E-state index in [1.54, 1.807) is 0 Å². The summed E-state index contributed by atoms with van der Waals surface area (Å²) >= 11 is 0. The number of quaternary nitrogens is 1. The predicted molar refractivity (Wildman–Crippen MR) is 70.6 cm³/mol. The van der Waals surface area contributed by atoms with Crippen LogP contribution in [0, 0.1) is 0 Å². The normalized spacial score (nSPS) is 19.1. The van der Waals surface area contributed by atoms with Gasteiger partial charge in [-0.25, -0.2) is 13.2 Å². The van der Waals surface area contributed by atoms with Crippen LogP contribution < -0.4 is 0 Å². The molecule has 0 N–H and O–H groups in total. The number of hydrogen-bond donors (Lipinski definition) is 0. The number of rotatable bonds is 3. The minimum absolute atomic E-state index is 0.339. The maximum absolute atomic E-state index is 10.5. The number of alkyl halides is 3. The first-order valence-corrected chi connectivity index (χ1v) is 6.97. The number of halogens is 6. The van der Waals surface area contributed by atoms with Crippen molar-refractivity contribution in [3.63, 3.8) is 0 Å². The second-order valence-electron chi connectivity index (χ2n) is 6.21. The molecule has 0 aromatic rings. The zero-order valence-electron chi connectivity index (χ0n) is 12.9. The van der Waals surface area contributed by atoms with Crippen LogP contribution in [-0.2, 0) is 4.74 Å². The maximum atomic E-state index is 10.5. The zero-order chi connectivity index (χ0) is 16.9. The van der Waals surface area contributed by atoms with Crippen molar-refractivity contribution in [2.24, 2.45) is 0 Å². The van der Waals surface area contributed by atoms with Gasteiger partial charge in [-0.15, -0.1) is 0 Å². The van der Waals surface area contributed by atoms with E-state index in [0.717, 1.165) is 17.8 Å². The van der Waals surface area contributed by atoms with Gasteiger partial charge in [-0.05, 0) is 27.7 Å². The molecule has 0 aromatic carbocycles. The highest BCUT2D eigenvalue weighted by atomic mass is 19.4. The van der Waals surface area contributed by atoms with Gasteiger partial charge < -0.3 is 17.7 Å². The van der Waals surface area contributed by atoms with Crippen LogP contribution in [0.3, 0.4) is 0 Å². The van der Waals surface area contributed by atoms with E-state index in [0.29, 0.717) is 5.54 Å². The largest absolute Gasteiger partial charge is 0.583 e. The van der Waals surface area contributed by atoms with Crippen molar-refractivity contribution in [3.05, 3.63) is 0 Å². The van der Waals surface area contributed by atoms with Gasteiger partial charge in [-0.1, -0.05) is 0 Å². The first kappa shape index (κ1) is 20.6. The predicted octanol–water partition coefficient (Wildman–Crippen LogP) is 4.32. The van der Waals surface area contributed by atoms with Crippen LogP contribution in [0.4, 0.5) is 26.1 Å². The van der Waals surface area contributed by atoms with Gasteiger partial charge in [0.1, 0.15) is 0 Å². The monoisotopic (exact) mass is 323 g/mol. The van der Waals surface area contributed by atoms with Crippen molar-refractivity contribution in [1.82, 2.24) is 0 Å². The lowest BCUT2D eigenvalue weighted by Crippen LogP contribution is -2.59. The molecule has 2 nitrogen and oxygen atoms in total. The highest BCUT2D eigenvalue weighted by Crippen LogP contribution is 2.31. The van der Waals surface area contributed by atoms with Gasteiger partial charge in [0.2, 0.25) is 0 Å². The summed E-state index contributed by atoms with van der Waals surface area (Å²) in [5.41, 5.74) is 0.339. The van der Waals surface area contributed by atoms with Crippen molar-refractivity contribution in [1.29, 1.82) is 0 Å². The standard InChI is InChI=1S/C11H24NO.CBF6/c1-5-13-10-12(11(2,3)4)8-6-7-9-12;3-1(4,5)2(6,7)8/h5-10H2,1-4H3;/q+1;-1. The average Bonchev–Trinajstić information content (AvgIpc) is 2.73. The molecule has 0 saturated carbocycles. The Balaban J connectivity index is 0.000000433. The molecule has 0 spiro atoms. The highest BCUT2D eigenvalue weighted by Gasteiger charge is 2.53. The fourth-order valence-electron chi connectivity index (χ4n) is 2.20. The minimum atomic E-state index is -6.65. The molecule has 0 amide bonds. The van der Waals surface area contributed by atoms with Crippen molar-refractivity contribution in [2.45, 2.75) is 52.2 Å². The smallest absolute Gasteiger partial charge is 0.443 e. The van der Waals surface area contributed by atoms with E-state index in [9.17, 15) is 26.1 Å². The Kier molecular flexibility index (Phi) is 7.07. The fraction of sp³-hybridized carbons (Fsp3) is 1.00. The first-order valence-electron chi connectivity index (χ1n) is 6.97. The lowest BCUT2D eigenvalue weighted by atomic mass is 9.92. The summed E-state index contributed by atoms with van der Waals surface area (Å²) in [6.45, 7) is 6.76. The molecule has 1 aliphatic rings. The van der Waals surface area contributed by atoms with Crippen molar-refractivity contribution >= 4 is 6.98 Å². The van der Waals surface area contributed by atoms with Crippen LogP contribution >= 0.6 is 0 Å². The Morgan fingerprint density at radius 3 is 1.62 bits per heavy atom. The topological polar surface area (TPSA) is 9.23 Å². The summed E-state index contributed by atoms with van der Waals surface area (Å²) in [6.07, 6.45) is -3.27. The quantitative estimate of drug-likeness (QED) is 0.427. The second kappa shape index (κ2) is 7.22. The van der Waals surface area contributed by atoms with Crippen LogP contribution in [0.5, 0.6) is 0 Å². The molecule has 21 heavy (non-hydrogen) atoms. The van der Waals surface area contributed by atoms with Gasteiger partial charge in [0.05, 0.1) is 18.6 Å². The van der Waals surface area contributed by atoms with Gasteiger partial charge in [0, 0.05) is 19.4 Å². The molecule has 1 aliphatic heterocycles. The van der Waals surface area contributed by atoms with Crippen molar-refractivity contribution in [2.75, 3.05) is 26.4 Å². The van der Waals surface area contributed by atoms with Gasteiger partial charge in [0.25, 0.3) is 0 Å². The number of ether oxygens (including phenoxy) is 1. The van der Waals surface area contributed by atoms with E-state index in [2.05, 4.69) is 27.7 Å². The van der Waals surface area contributed by atoms with E-state index >= 15 is 0 Å². The fourth-order valence-corrected chi connectivity index (χ4v) is 2.20. The van der Waals surface area contributed by atoms with Crippen LogP contribution in [0.2, 0.25) is 0 Å². The summed E-state index contributed by atoms with van der Waals surface area (Å²) in [5, 5.41) is 0. The molecule has 1 fully saturated rings. The lowest BCUT2D eigenvalue weighted by molar-refractivity contribution is -0.976. The molecule has 1 heterocycles. The molecular formula is C12H24BF6NO. The molecule has 9 heteroatoms. The summed E-state index contributed by atoms with van der Waals surface area (Å²) in [4.78, 5) is 0. The first-order chi connectivity index (χ1) is 9.27. The zero-order valence-corrected chi connectivity index (χ0v) is 12.9. The molecule has 1 saturated heterocycles. The third-order valence-electron chi connectivity index (χ3n) is 3.76. The van der Waals surface area contributed by atoms with Gasteiger partial charge in [0.15, 0.2) is 6.73 Å². The Labute approximate surface area is 122 Å². The maximum Gasteiger partial charge on any atom is 0.583 e. The Hall–Kier alpha value is -0.435. The Morgan fingerprint density at radius 2 is 1.38 bits per heavy atom. The summed E-state index contributed by atoms with van der Waals surface area (Å²) < 4.78 is 69.7. The molecule has 0 atom stereocenters. The SMILES string of the molecule is CCOC[N+]1(C(C)(C)C)CCCC1.F[B-](F)(F)C(F)(F)F. The third-order valence-corrected chi connectivity index (χ3v) is 3.76. The third kappa shape index (κ3) is 6.06. The molecule has 0 radical (unpaired) electrons. The molecule has 0 bridgehead atoms. The van der Waals surface area contributed by atoms with Crippen LogP contribution in [0.25, 0.3) is 0 Å². The lowest BCUT2D eigenvalue weighted by Gasteiger charge is -2.45. The number of nitrogens with zero attached hydrogens (tertiary/aromatic N) is 1. The van der Waals surface area contributed by atoms with Crippen molar-refractivity contribution < 1.29 is 35.3 Å². The number of hydrogen-bond acceptors (Lipinski definition) is 1. The van der Waals surface area contributed by atoms with E-state index in [1.807, 2.05) is 0 Å². The van der Waals surface area contributed by atoms with Gasteiger partial charge >= 0.3 is 13.1 Å². The van der Waals surface area contributed by atoms with E-state index in [4.69, 9.17) is 4.74 Å². The minimum Gasteiger partial charge on any atom is -0.443 e. The molecule has 1 rings (SSSR count). The molecule has 0 aromatic heterocycles.